The Hall–Kier alpha value is -0.860. The molecule has 2 heteroatoms. The summed E-state index contributed by atoms with van der Waals surface area (Å²) in [4.78, 5) is 0. The van der Waals surface area contributed by atoms with Crippen LogP contribution >= 0.6 is 0 Å². The van der Waals surface area contributed by atoms with Gasteiger partial charge in [0.15, 0.2) is 0 Å². The van der Waals surface area contributed by atoms with E-state index in [-0.39, 0.29) is 0 Å². The fraction of sp³-hybridized carbons (Fsp3) is 0.600. The van der Waals surface area contributed by atoms with Gasteiger partial charge in [-0.15, -0.1) is 0 Å². The largest absolute Gasteiger partial charge is 0.380 e. The summed E-state index contributed by atoms with van der Waals surface area (Å²) in [5.41, 5.74) is 3.05. The molecule has 1 heterocycles. The molecule has 1 aliphatic heterocycles. The molecule has 0 saturated carbocycles. The maximum absolute atomic E-state index is 5.55. The molecule has 1 aromatic carbocycles. The Kier molecular flexibility index (Phi) is 3.44. The second-order valence-electron chi connectivity index (χ2n) is 5.22. The molecule has 1 N–H and O–H groups in total. The maximum atomic E-state index is 5.55. The summed E-state index contributed by atoms with van der Waals surface area (Å²) in [7, 11) is 0. The van der Waals surface area contributed by atoms with Crippen LogP contribution in [-0.4, -0.2) is 19.3 Å². The average molecular weight is 231 g/mol. The number of rotatable bonds is 2. The van der Waals surface area contributed by atoms with E-state index in [4.69, 9.17) is 4.74 Å². The van der Waals surface area contributed by atoms with Gasteiger partial charge in [-0.3, -0.25) is 0 Å². The summed E-state index contributed by atoms with van der Waals surface area (Å²) in [6.45, 7) is 1.83. The van der Waals surface area contributed by atoms with E-state index in [0.717, 1.165) is 13.2 Å². The minimum Gasteiger partial charge on any atom is -0.380 e. The minimum atomic E-state index is 0.548. The first kappa shape index (κ1) is 11.2. The number of fused-ring (bicyclic) bond motifs is 1. The van der Waals surface area contributed by atoms with Gasteiger partial charge in [0.1, 0.15) is 0 Å². The zero-order valence-electron chi connectivity index (χ0n) is 10.3. The maximum Gasteiger partial charge on any atom is 0.0619 e. The monoisotopic (exact) mass is 231 g/mol. The summed E-state index contributed by atoms with van der Waals surface area (Å²) >= 11 is 0. The Bertz CT molecular complexity index is 371. The summed E-state index contributed by atoms with van der Waals surface area (Å²) in [5, 5.41) is 3.79. The van der Waals surface area contributed by atoms with E-state index < -0.39 is 0 Å². The van der Waals surface area contributed by atoms with Crippen molar-refractivity contribution in [2.24, 2.45) is 0 Å². The third kappa shape index (κ3) is 2.53. The summed E-state index contributed by atoms with van der Waals surface area (Å²) in [5.74, 6) is 0. The van der Waals surface area contributed by atoms with Gasteiger partial charge in [-0.25, -0.2) is 0 Å². The van der Waals surface area contributed by atoms with Crippen molar-refractivity contribution in [3.8, 4) is 0 Å². The zero-order chi connectivity index (χ0) is 11.5. The number of nitrogens with one attached hydrogen (secondary N) is 1. The lowest BCUT2D eigenvalue weighted by Crippen LogP contribution is -2.40. The van der Waals surface area contributed by atoms with Crippen molar-refractivity contribution in [1.29, 1.82) is 0 Å². The van der Waals surface area contributed by atoms with E-state index in [2.05, 4.69) is 29.6 Å². The van der Waals surface area contributed by atoms with Crippen LogP contribution in [-0.2, 0) is 11.2 Å². The quantitative estimate of drug-likeness (QED) is 0.845. The molecule has 1 aliphatic carbocycles. The van der Waals surface area contributed by atoms with Gasteiger partial charge >= 0.3 is 0 Å². The molecule has 0 spiro atoms. The van der Waals surface area contributed by atoms with E-state index in [0.29, 0.717) is 12.1 Å². The lowest BCUT2D eigenvalue weighted by atomic mass is 9.87. The van der Waals surface area contributed by atoms with E-state index in [1.54, 1.807) is 0 Å². The Morgan fingerprint density at radius 2 is 2.06 bits per heavy atom. The first-order valence-electron chi connectivity index (χ1n) is 6.85. The zero-order valence-corrected chi connectivity index (χ0v) is 10.3. The van der Waals surface area contributed by atoms with E-state index in [1.807, 2.05) is 0 Å². The molecule has 2 atom stereocenters. The van der Waals surface area contributed by atoms with Crippen LogP contribution in [0.25, 0.3) is 0 Å². The molecule has 1 saturated heterocycles. The van der Waals surface area contributed by atoms with Crippen molar-refractivity contribution in [1.82, 2.24) is 5.32 Å². The van der Waals surface area contributed by atoms with Crippen LogP contribution in [0.2, 0.25) is 0 Å². The summed E-state index contributed by atoms with van der Waals surface area (Å²) in [6, 6.07) is 9.99. The van der Waals surface area contributed by atoms with Gasteiger partial charge in [0.25, 0.3) is 0 Å². The van der Waals surface area contributed by atoms with E-state index in [1.165, 1.54) is 43.2 Å². The van der Waals surface area contributed by atoms with Crippen LogP contribution in [0.1, 0.15) is 42.9 Å². The molecule has 92 valence electrons. The van der Waals surface area contributed by atoms with Crippen LogP contribution in [0.3, 0.4) is 0 Å². The molecule has 1 aromatic rings. The third-order valence-corrected chi connectivity index (χ3v) is 3.97. The summed E-state index contributed by atoms with van der Waals surface area (Å²) < 4.78 is 5.55. The van der Waals surface area contributed by atoms with Crippen LogP contribution < -0.4 is 5.32 Å². The van der Waals surface area contributed by atoms with Gasteiger partial charge < -0.3 is 10.1 Å². The SMILES string of the molecule is c1ccc2c(c1)CCCC2NC1CCCOC1. The van der Waals surface area contributed by atoms with Crippen LogP contribution in [0.15, 0.2) is 24.3 Å². The van der Waals surface area contributed by atoms with Gasteiger partial charge in [-0.1, -0.05) is 24.3 Å². The molecule has 0 radical (unpaired) electrons. The lowest BCUT2D eigenvalue weighted by molar-refractivity contribution is 0.0654. The van der Waals surface area contributed by atoms with Gasteiger partial charge in [0, 0.05) is 18.7 Å². The standard InChI is InChI=1S/C15H21NO/c1-2-8-14-12(5-1)6-3-9-15(14)16-13-7-4-10-17-11-13/h1-2,5,8,13,15-16H,3-4,6-7,9-11H2. The molecule has 0 bridgehead atoms. The normalized spacial score (nSPS) is 28.7. The fourth-order valence-electron chi connectivity index (χ4n) is 3.08. The number of benzene rings is 1. The second kappa shape index (κ2) is 5.19. The Morgan fingerprint density at radius 3 is 2.94 bits per heavy atom. The lowest BCUT2D eigenvalue weighted by Gasteiger charge is -2.32. The average Bonchev–Trinajstić information content (AvgIpc) is 2.40. The second-order valence-corrected chi connectivity index (χ2v) is 5.22. The predicted octanol–water partition coefficient (Wildman–Crippen LogP) is 2.83. The molecule has 0 aromatic heterocycles. The molecule has 0 amide bonds. The summed E-state index contributed by atoms with van der Waals surface area (Å²) in [6.07, 6.45) is 6.29. The molecule has 17 heavy (non-hydrogen) atoms. The van der Waals surface area contributed by atoms with Gasteiger partial charge in [-0.2, -0.15) is 0 Å². The number of ether oxygens (including phenoxy) is 1. The molecule has 1 fully saturated rings. The molecule has 3 rings (SSSR count). The van der Waals surface area contributed by atoms with Crippen LogP contribution in [0.5, 0.6) is 0 Å². The number of hydrogen-bond donors (Lipinski definition) is 1. The van der Waals surface area contributed by atoms with Crippen LogP contribution in [0, 0.1) is 0 Å². The van der Waals surface area contributed by atoms with Crippen LogP contribution in [0.4, 0.5) is 0 Å². The van der Waals surface area contributed by atoms with Gasteiger partial charge in [0.2, 0.25) is 0 Å². The van der Waals surface area contributed by atoms with Crippen molar-refractivity contribution >= 4 is 0 Å². The number of hydrogen-bond acceptors (Lipinski definition) is 2. The Labute approximate surface area is 103 Å². The smallest absolute Gasteiger partial charge is 0.0619 e. The van der Waals surface area contributed by atoms with E-state index >= 15 is 0 Å². The fourth-order valence-corrected chi connectivity index (χ4v) is 3.08. The molecule has 2 aliphatic rings. The van der Waals surface area contributed by atoms with Gasteiger partial charge in [-0.05, 0) is 43.2 Å². The van der Waals surface area contributed by atoms with Crippen molar-refractivity contribution in [3.63, 3.8) is 0 Å². The highest BCUT2D eigenvalue weighted by Gasteiger charge is 2.23. The third-order valence-electron chi connectivity index (χ3n) is 3.97. The molecule has 2 nitrogen and oxygen atoms in total. The Morgan fingerprint density at radius 1 is 1.12 bits per heavy atom. The topological polar surface area (TPSA) is 21.3 Å². The van der Waals surface area contributed by atoms with Crippen molar-refractivity contribution < 1.29 is 4.74 Å². The minimum absolute atomic E-state index is 0.548. The molecule has 2 unspecified atom stereocenters. The highest BCUT2D eigenvalue weighted by molar-refractivity contribution is 5.32. The molecular weight excluding hydrogens is 210 g/mol. The first-order valence-corrected chi connectivity index (χ1v) is 6.85. The van der Waals surface area contributed by atoms with Gasteiger partial charge in [0.05, 0.1) is 6.61 Å². The van der Waals surface area contributed by atoms with E-state index in [9.17, 15) is 0 Å². The first-order chi connectivity index (χ1) is 8.43. The number of aryl methyl sites for hydroxylation is 1. The highest BCUT2D eigenvalue weighted by Crippen LogP contribution is 2.30. The Balaban J connectivity index is 1.71. The van der Waals surface area contributed by atoms with Crippen molar-refractivity contribution in [2.45, 2.75) is 44.2 Å². The molecular formula is C15H21NO. The predicted molar refractivity (Wildman–Crippen MR) is 69.1 cm³/mol. The van der Waals surface area contributed by atoms with Crippen molar-refractivity contribution in [3.05, 3.63) is 35.4 Å². The van der Waals surface area contributed by atoms with Crippen molar-refractivity contribution in [2.75, 3.05) is 13.2 Å². The highest BCUT2D eigenvalue weighted by atomic mass is 16.5.